The molecule has 1 aromatic rings. The maximum atomic E-state index is 12.1. The minimum absolute atomic E-state index is 0.130. The summed E-state index contributed by atoms with van der Waals surface area (Å²) in [6.45, 7) is 8.89. The van der Waals surface area contributed by atoms with Gasteiger partial charge in [-0.2, -0.15) is 5.10 Å². The van der Waals surface area contributed by atoms with E-state index in [1.165, 1.54) is 0 Å². The molecule has 2 rings (SSSR count). The second-order valence-corrected chi connectivity index (χ2v) is 6.38. The predicted octanol–water partition coefficient (Wildman–Crippen LogP) is 2.35. The Balaban J connectivity index is 2.05. The Bertz CT molecular complexity index is 490. The fourth-order valence-corrected chi connectivity index (χ4v) is 2.40. The number of likely N-dealkylation sites (tertiary alicyclic amines) is 1. The van der Waals surface area contributed by atoms with Gasteiger partial charge in [-0.05, 0) is 40.5 Å². The van der Waals surface area contributed by atoms with Crippen molar-refractivity contribution in [3.8, 4) is 0 Å². The van der Waals surface area contributed by atoms with Crippen LogP contribution in [0.15, 0.2) is 6.20 Å². The highest BCUT2D eigenvalue weighted by molar-refractivity contribution is 5.68. The molecule has 0 radical (unpaired) electrons. The number of carbonyl (C=O) groups excluding carboxylic acids is 1. The van der Waals surface area contributed by atoms with Gasteiger partial charge in [0.15, 0.2) is 0 Å². The lowest BCUT2D eigenvalue weighted by Crippen LogP contribution is -2.43. The van der Waals surface area contributed by atoms with Crippen molar-refractivity contribution in [2.24, 2.45) is 0 Å². The quantitative estimate of drug-likeness (QED) is 0.857. The van der Waals surface area contributed by atoms with Gasteiger partial charge in [-0.15, -0.1) is 0 Å². The average molecular weight is 280 g/mol. The lowest BCUT2D eigenvalue weighted by molar-refractivity contribution is 0.0168. The van der Waals surface area contributed by atoms with Crippen molar-refractivity contribution < 1.29 is 9.53 Å². The third-order valence-electron chi connectivity index (χ3n) is 3.42. The standard InChI is InChI=1S/C14H24N4O2/c1-10-8-16-18(12(10)15)11-6-5-7-17(9-11)13(19)20-14(2,3)4/h8,11H,5-7,9,15H2,1-4H3. The van der Waals surface area contributed by atoms with E-state index >= 15 is 0 Å². The lowest BCUT2D eigenvalue weighted by Gasteiger charge is -2.34. The van der Waals surface area contributed by atoms with Gasteiger partial charge in [0.05, 0.1) is 12.2 Å². The topological polar surface area (TPSA) is 73.4 Å². The molecule has 1 amide bonds. The summed E-state index contributed by atoms with van der Waals surface area (Å²) in [6, 6.07) is 0.130. The van der Waals surface area contributed by atoms with Gasteiger partial charge in [-0.25, -0.2) is 9.48 Å². The fraction of sp³-hybridized carbons (Fsp3) is 0.714. The Morgan fingerprint density at radius 1 is 1.50 bits per heavy atom. The van der Waals surface area contributed by atoms with Crippen LogP contribution in [0.3, 0.4) is 0 Å². The van der Waals surface area contributed by atoms with E-state index < -0.39 is 5.60 Å². The number of piperidine rings is 1. The largest absolute Gasteiger partial charge is 0.444 e. The molecule has 0 bridgehead atoms. The van der Waals surface area contributed by atoms with E-state index in [1.54, 1.807) is 11.1 Å². The molecule has 6 heteroatoms. The summed E-state index contributed by atoms with van der Waals surface area (Å²) in [7, 11) is 0. The van der Waals surface area contributed by atoms with Crippen LogP contribution < -0.4 is 5.73 Å². The van der Waals surface area contributed by atoms with E-state index in [-0.39, 0.29) is 12.1 Å². The molecule has 1 aliphatic heterocycles. The maximum absolute atomic E-state index is 12.1. The first kappa shape index (κ1) is 14.7. The highest BCUT2D eigenvalue weighted by Crippen LogP contribution is 2.25. The van der Waals surface area contributed by atoms with Crippen molar-refractivity contribution in [1.29, 1.82) is 0 Å². The molecule has 1 fully saturated rings. The van der Waals surface area contributed by atoms with Crippen LogP contribution in [0, 0.1) is 6.92 Å². The molecule has 0 saturated carbocycles. The van der Waals surface area contributed by atoms with Crippen molar-refractivity contribution in [1.82, 2.24) is 14.7 Å². The Morgan fingerprint density at radius 3 is 2.75 bits per heavy atom. The minimum Gasteiger partial charge on any atom is -0.444 e. The first-order chi connectivity index (χ1) is 9.28. The number of amides is 1. The summed E-state index contributed by atoms with van der Waals surface area (Å²) in [5.41, 5.74) is 6.53. The highest BCUT2D eigenvalue weighted by atomic mass is 16.6. The molecule has 1 aromatic heterocycles. The van der Waals surface area contributed by atoms with Crippen molar-refractivity contribution in [3.63, 3.8) is 0 Å². The summed E-state index contributed by atoms with van der Waals surface area (Å²) < 4.78 is 7.25. The molecule has 0 spiro atoms. The summed E-state index contributed by atoms with van der Waals surface area (Å²) in [5.74, 6) is 0.682. The Morgan fingerprint density at radius 2 is 2.20 bits per heavy atom. The lowest BCUT2D eigenvalue weighted by atomic mass is 10.1. The molecule has 2 N–H and O–H groups in total. The third-order valence-corrected chi connectivity index (χ3v) is 3.42. The number of aryl methyl sites for hydroxylation is 1. The predicted molar refractivity (Wildman–Crippen MR) is 77.5 cm³/mol. The smallest absolute Gasteiger partial charge is 0.410 e. The molecule has 6 nitrogen and oxygen atoms in total. The molecule has 0 aliphatic carbocycles. The maximum Gasteiger partial charge on any atom is 0.410 e. The molecule has 1 unspecified atom stereocenters. The van der Waals surface area contributed by atoms with Crippen LogP contribution in [0.2, 0.25) is 0 Å². The van der Waals surface area contributed by atoms with Gasteiger partial charge in [-0.3, -0.25) is 0 Å². The van der Waals surface area contributed by atoms with E-state index in [0.717, 1.165) is 24.9 Å². The van der Waals surface area contributed by atoms with Crippen LogP contribution in [0.4, 0.5) is 10.6 Å². The monoisotopic (exact) mass is 280 g/mol. The number of hydrogen-bond donors (Lipinski definition) is 1. The van der Waals surface area contributed by atoms with E-state index in [1.807, 2.05) is 32.4 Å². The average Bonchev–Trinajstić information content (AvgIpc) is 2.68. The number of ether oxygens (including phenoxy) is 1. The summed E-state index contributed by atoms with van der Waals surface area (Å²) in [4.78, 5) is 13.9. The number of carbonyl (C=O) groups is 1. The van der Waals surface area contributed by atoms with E-state index in [2.05, 4.69) is 5.10 Å². The summed E-state index contributed by atoms with van der Waals surface area (Å²) in [5, 5.41) is 4.32. The van der Waals surface area contributed by atoms with Gasteiger partial charge in [0.2, 0.25) is 0 Å². The van der Waals surface area contributed by atoms with E-state index in [4.69, 9.17) is 10.5 Å². The highest BCUT2D eigenvalue weighted by Gasteiger charge is 2.29. The summed E-state index contributed by atoms with van der Waals surface area (Å²) in [6.07, 6.45) is 3.42. The van der Waals surface area contributed by atoms with Gasteiger partial charge in [0.25, 0.3) is 0 Å². The molecular formula is C14H24N4O2. The van der Waals surface area contributed by atoms with Gasteiger partial charge < -0.3 is 15.4 Å². The zero-order valence-corrected chi connectivity index (χ0v) is 12.7. The van der Waals surface area contributed by atoms with Gasteiger partial charge >= 0.3 is 6.09 Å². The number of nitrogens with zero attached hydrogens (tertiary/aromatic N) is 3. The van der Waals surface area contributed by atoms with Crippen LogP contribution in [-0.2, 0) is 4.74 Å². The van der Waals surface area contributed by atoms with Crippen molar-refractivity contribution in [2.75, 3.05) is 18.8 Å². The third kappa shape index (κ3) is 3.23. The number of aromatic nitrogens is 2. The van der Waals surface area contributed by atoms with Gasteiger partial charge in [0.1, 0.15) is 11.4 Å². The Hall–Kier alpha value is -1.72. The van der Waals surface area contributed by atoms with Crippen molar-refractivity contribution in [2.45, 2.75) is 52.2 Å². The zero-order chi connectivity index (χ0) is 14.9. The normalized spacial score (nSPS) is 20.0. The Labute approximate surface area is 119 Å². The second kappa shape index (κ2) is 5.34. The van der Waals surface area contributed by atoms with Crippen molar-refractivity contribution in [3.05, 3.63) is 11.8 Å². The van der Waals surface area contributed by atoms with Crippen LogP contribution in [0.1, 0.15) is 45.2 Å². The molecule has 1 saturated heterocycles. The zero-order valence-electron chi connectivity index (χ0n) is 12.7. The number of rotatable bonds is 1. The van der Waals surface area contributed by atoms with Crippen LogP contribution in [0.5, 0.6) is 0 Å². The second-order valence-electron chi connectivity index (χ2n) is 6.38. The molecule has 20 heavy (non-hydrogen) atoms. The van der Waals surface area contributed by atoms with E-state index in [0.29, 0.717) is 12.4 Å². The first-order valence-electron chi connectivity index (χ1n) is 7.05. The SMILES string of the molecule is Cc1cnn(C2CCCN(C(=O)OC(C)(C)C)C2)c1N. The molecular weight excluding hydrogens is 256 g/mol. The van der Waals surface area contributed by atoms with Gasteiger partial charge in [-0.1, -0.05) is 0 Å². The van der Waals surface area contributed by atoms with Crippen LogP contribution >= 0.6 is 0 Å². The van der Waals surface area contributed by atoms with Crippen LogP contribution in [0.25, 0.3) is 0 Å². The number of anilines is 1. The molecule has 112 valence electrons. The fourth-order valence-electron chi connectivity index (χ4n) is 2.40. The number of nitrogen functional groups attached to an aromatic ring is 1. The molecule has 1 atom stereocenters. The van der Waals surface area contributed by atoms with E-state index in [9.17, 15) is 4.79 Å². The first-order valence-corrected chi connectivity index (χ1v) is 7.05. The summed E-state index contributed by atoms with van der Waals surface area (Å²) >= 11 is 0. The molecule has 1 aliphatic rings. The van der Waals surface area contributed by atoms with Crippen molar-refractivity contribution >= 4 is 11.9 Å². The molecule has 2 heterocycles. The number of nitrogens with two attached hydrogens (primary N) is 1. The Kier molecular flexibility index (Phi) is 3.92. The van der Waals surface area contributed by atoms with Gasteiger partial charge in [0, 0.05) is 18.7 Å². The minimum atomic E-state index is -0.467. The van der Waals surface area contributed by atoms with Crippen LogP contribution in [-0.4, -0.2) is 39.5 Å². The molecule has 0 aromatic carbocycles. The number of hydrogen-bond acceptors (Lipinski definition) is 4.